The van der Waals surface area contributed by atoms with E-state index in [2.05, 4.69) is 35.8 Å². The highest BCUT2D eigenvalue weighted by Crippen LogP contribution is 2.50. The number of aliphatic carboxylic acids is 1. The molecule has 0 fully saturated rings. The molecule has 5 aromatic rings. The first-order valence-corrected chi connectivity index (χ1v) is 17.6. The molecule has 1 atom stereocenters. The fourth-order valence-electron chi connectivity index (χ4n) is 5.01. The van der Waals surface area contributed by atoms with Gasteiger partial charge in [-0.05, 0) is 66.0 Å². The van der Waals surface area contributed by atoms with Gasteiger partial charge in [-0.1, -0.05) is 36.4 Å². The Morgan fingerprint density at radius 3 is 1.62 bits per heavy atom. The van der Waals surface area contributed by atoms with Gasteiger partial charge in [0.2, 0.25) is 0 Å². The average molecular weight is 745 g/mol. The molecule has 0 aliphatic carbocycles. The minimum atomic E-state index is -5.16. The molecule has 1 aliphatic rings. The molecular weight excluding hydrogens is 721 g/mol. The fraction of sp³-hybridized carbons (Fsp3) is 0.0625. The van der Waals surface area contributed by atoms with Crippen molar-refractivity contribution in [1.82, 2.24) is 0 Å². The summed E-state index contributed by atoms with van der Waals surface area (Å²) in [6.45, 7) is 0.136. The van der Waals surface area contributed by atoms with Crippen molar-refractivity contribution in [2.75, 3.05) is 11.6 Å². The molecule has 5 N–H and O–H groups in total. The summed E-state index contributed by atoms with van der Waals surface area (Å²) in [6, 6.07) is 23.1. The second-order valence-corrected chi connectivity index (χ2v) is 13.7. The van der Waals surface area contributed by atoms with Crippen molar-refractivity contribution in [2.24, 2.45) is 35.8 Å². The van der Waals surface area contributed by atoms with Gasteiger partial charge in [-0.2, -0.15) is 42.4 Å². The lowest BCUT2D eigenvalue weighted by Gasteiger charge is -2.13. The number of azo groups is 3. The number of fused-ring (bicyclic) bond motifs is 1. The number of hydrazone groups is 1. The van der Waals surface area contributed by atoms with E-state index < -0.39 is 75.7 Å². The first kappa shape index (κ1) is 35.3. The molecule has 0 saturated carbocycles. The van der Waals surface area contributed by atoms with Crippen molar-refractivity contribution in [2.45, 2.75) is 15.8 Å². The molecule has 0 spiro atoms. The first-order chi connectivity index (χ1) is 24.7. The van der Waals surface area contributed by atoms with Gasteiger partial charge in [0.05, 0.1) is 34.7 Å². The Morgan fingerprint density at radius 2 is 1.13 bits per heavy atom. The van der Waals surface area contributed by atoms with Crippen LogP contribution in [0.3, 0.4) is 0 Å². The van der Waals surface area contributed by atoms with Gasteiger partial charge in [0.1, 0.15) is 27.2 Å². The molecule has 1 heterocycles. The third-order valence-electron chi connectivity index (χ3n) is 7.42. The Hall–Kier alpha value is -6.48. The molecule has 1 unspecified atom stereocenters. The van der Waals surface area contributed by atoms with Crippen molar-refractivity contribution in [1.29, 1.82) is 0 Å². The minimum absolute atomic E-state index is 0.0898. The zero-order chi connectivity index (χ0) is 37.2. The Labute approximate surface area is 294 Å². The number of hydrogen-bond donors (Lipinski definition) is 5. The Kier molecular flexibility index (Phi) is 9.54. The molecule has 1 aliphatic heterocycles. The third kappa shape index (κ3) is 7.49. The van der Waals surface area contributed by atoms with E-state index in [1.807, 2.05) is 6.07 Å². The molecule has 5 aromatic carbocycles. The summed E-state index contributed by atoms with van der Waals surface area (Å²) in [7, 11) is -10.3. The van der Waals surface area contributed by atoms with Crippen LogP contribution in [0, 0.1) is 0 Å². The van der Waals surface area contributed by atoms with E-state index in [4.69, 9.17) is 0 Å². The van der Waals surface area contributed by atoms with Crippen LogP contribution in [-0.4, -0.2) is 65.5 Å². The topological polar surface area (TPSA) is 276 Å². The minimum Gasteiger partial charge on any atom is -0.505 e. The molecule has 20 heteroatoms. The van der Waals surface area contributed by atoms with Gasteiger partial charge in [0.25, 0.3) is 20.2 Å². The summed E-state index contributed by atoms with van der Waals surface area (Å²) in [5, 5.41) is 60.1. The smallest absolute Gasteiger partial charge is 0.354 e. The van der Waals surface area contributed by atoms with E-state index in [1.54, 1.807) is 42.5 Å². The molecule has 6 rings (SSSR count). The zero-order valence-electron chi connectivity index (χ0n) is 26.2. The van der Waals surface area contributed by atoms with E-state index in [-0.39, 0.29) is 29.3 Å². The van der Waals surface area contributed by atoms with Gasteiger partial charge >= 0.3 is 5.97 Å². The lowest BCUT2D eigenvalue weighted by molar-refractivity contribution is -0.129. The van der Waals surface area contributed by atoms with Gasteiger partial charge in [0, 0.05) is 0 Å². The van der Waals surface area contributed by atoms with E-state index in [1.165, 1.54) is 41.4 Å². The van der Waals surface area contributed by atoms with Gasteiger partial charge in [-0.15, -0.1) is 10.2 Å². The summed E-state index contributed by atoms with van der Waals surface area (Å²) < 4.78 is 69.0. The zero-order valence-corrected chi connectivity index (χ0v) is 27.8. The van der Waals surface area contributed by atoms with Crippen LogP contribution < -0.4 is 5.01 Å². The molecule has 0 amide bonds. The van der Waals surface area contributed by atoms with Gasteiger partial charge in [-0.3, -0.25) is 14.1 Å². The highest BCUT2D eigenvalue weighted by molar-refractivity contribution is 7.86. The number of phenols is 2. The number of phenolic OH excluding ortho intramolecular Hbond substituents is 2. The first-order valence-electron chi connectivity index (χ1n) is 14.7. The highest BCUT2D eigenvalue weighted by atomic mass is 32.2. The molecule has 0 bridgehead atoms. The number of aromatic hydroxyl groups is 2. The van der Waals surface area contributed by atoms with Crippen LogP contribution in [-0.2, 0) is 25.0 Å². The number of carbonyl (C=O) groups is 1. The van der Waals surface area contributed by atoms with E-state index in [0.29, 0.717) is 11.8 Å². The van der Waals surface area contributed by atoms with Crippen molar-refractivity contribution in [3.8, 4) is 11.5 Å². The van der Waals surface area contributed by atoms with Crippen molar-refractivity contribution < 1.29 is 46.1 Å². The average Bonchev–Trinajstić information content (AvgIpc) is 3.55. The maximum absolute atomic E-state index is 12.4. The van der Waals surface area contributed by atoms with Crippen LogP contribution in [0.2, 0.25) is 0 Å². The van der Waals surface area contributed by atoms with E-state index in [0.717, 1.165) is 6.07 Å². The lowest BCUT2D eigenvalue weighted by Crippen LogP contribution is -2.26. The third-order valence-corrected chi connectivity index (χ3v) is 9.15. The van der Waals surface area contributed by atoms with Crippen molar-refractivity contribution >= 4 is 76.8 Å². The summed E-state index contributed by atoms with van der Waals surface area (Å²) in [5.74, 6) is -3.30. The molecule has 0 radical (unpaired) electrons. The summed E-state index contributed by atoms with van der Waals surface area (Å²) in [6.07, 6.45) is 0. The van der Waals surface area contributed by atoms with Crippen molar-refractivity contribution in [3.63, 3.8) is 0 Å². The number of anilines is 1. The molecule has 0 aromatic heterocycles. The number of carboxylic acid groups (broad SMARTS) is 1. The normalized spacial score (nSPS) is 15.3. The van der Waals surface area contributed by atoms with Gasteiger partial charge < -0.3 is 15.3 Å². The quantitative estimate of drug-likeness (QED) is 0.0717. The SMILES string of the molecule is O=C(O)C1=NN(c2ccccc2)CC1N=Nc1ccc(N=Nc2c(S(=O)(=O)O)cc3cc(S(=O)(=O)O)c(N=Nc4ccccc4)c(O)c3c2O)cc1. The lowest BCUT2D eigenvalue weighted by atomic mass is 10.1. The number of benzene rings is 5. The second-order valence-electron chi connectivity index (χ2n) is 10.9. The molecule has 0 saturated heterocycles. The van der Waals surface area contributed by atoms with E-state index >= 15 is 0 Å². The van der Waals surface area contributed by atoms with Crippen LogP contribution in [0.4, 0.5) is 34.1 Å². The van der Waals surface area contributed by atoms with Gasteiger partial charge in [-0.25, -0.2) is 4.79 Å². The monoisotopic (exact) mass is 744 g/mol. The van der Waals surface area contributed by atoms with Crippen LogP contribution in [0.15, 0.2) is 143 Å². The molecular formula is C32H24N8O10S2. The van der Waals surface area contributed by atoms with E-state index in [9.17, 15) is 46.1 Å². The summed E-state index contributed by atoms with van der Waals surface area (Å²) in [5.41, 5.74) is -0.524. The molecule has 18 nitrogen and oxygen atoms in total. The van der Waals surface area contributed by atoms with Crippen LogP contribution in [0.25, 0.3) is 10.8 Å². The highest BCUT2D eigenvalue weighted by Gasteiger charge is 2.33. The number of rotatable bonds is 10. The predicted octanol–water partition coefficient (Wildman–Crippen LogP) is 6.99. The van der Waals surface area contributed by atoms with Crippen molar-refractivity contribution in [3.05, 3.63) is 97.1 Å². The Bertz CT molecular complexity index is 2550. The van der Waals surface area contributed by atoms with Crippen LogP contribution in [0.5, 0.6) is 11.5 Å². The number of carboxylic acids is 1. The maximum Gasteiger partial charge on any atom is 0.354 e. The number of nitrogens with zero attached hydrogens (tertiary/aromatic N) is 8. The Balaban J connectivity index is 1.33. The Morgan fingerprint density at radius 1 is 0.673 bits per heavy atom. The van der Waals surface area contributed by atoms with Gasteiger partial charge in [0.15, 0.2) is 17.2 Å². The number of para-hydroxylation sites is 1. The molecule has 52 heavy (non-hydrogen) atoms. The second kappa shape index (κ2) is 14.0. The van der Waals surface area contributed by atoms with Crippen LogP contribution in [0.1, 0.15) is 0 Å². The maximum atomic E-state index is 12.4. The predicted molar refractivity (Wildman–Crippen MR) is 185 cm³/mol. The van der Waals surface area contributed by atoms with Crippen LogP contribution >= 0.6 is 0 Å². The fourth-order valence-corrected chi connectivity index (χ4v) is 6.32. The summed E-state index contributed by atoms with van der Waals surface area (Å²) in [4.78, 5) is 9.79. The largest absolute Gasteiger partial charge is 0.505 e. The number of hydrogen-bond acceptors (Lipinski definition) is 15. The standard InChI is InChI=1S/C32H24N8O10S2/c41-30-26-18(15-24(51(45,46)47)28(30)37-34-19-7-3-1-4-8-19)16-25(52(48,49)50)29(31(26)42)38-35-21-13-11-20(12-14-21)33-36-23-17-40(39-27(23)32(43)44)22-9-5-2-6-10-22/h1-16,23,41-42H,17H2,(H,43,44)(H,45,46,47)(H,48,49,50). The summed E-state index contributed by atoms with van der Waals surface area (Å²) >= 11 is 0. The molecule has 264 valence electrons.